The zero-order chi connectivity index (χ0) is 9.90. The number of hydrogen-bond acceptors (Lipinski definition) is 4. The molecule has 1 fully saturated rings. The second kappa shape index (κ2) is 4.17. The summed E-state index contributed by atoms with van der Waals surface area (Å²) in [7, 11) is 0. The van der Waals surface area contributed by atoms with E-state index in [4.69, 9.17) is 14.2 Å². The highest BCUT2D eigenvalue weighted by Gasteiger charge is 2.37. The summed E-state index contributed by atoms with van der Waals surface area (Å²) in [4.78, 5) is 10.7. The van der Waals surface area contributed by atoms with Crippen LogP contribution < -0.4 is 0 Å². The summed E-state index contributed by atoms with van der Waals surface area (Å²) >= 11 is 0. The lowest BCUT2D eigenvalue weighted by Crippen LogP contribution is -2.33. The molecule has 1 saturated heterocycles. The molecule has 1 aliphatic rings. The Balaban J connectivity index is 2.35. The van der Waals surface area contributed by atoms with E-state index >= 15 is 0 Å². The Labute approximate surface area is 78.2 Å². The van der Waals surface area contributed by atoms with Gasteiger partial charge in [-0.25, -0.2) is 0 Å². The van der Waals surface area contributed by atoms with Crippen molar-refractivity contribution in [3.05, 3.63) is 0 Å². The Morgan fingerprint density at radius 2 is 2.38 bits per heavy atom. The number of carbonyl (C=O) groups excluding carboxylic acids is 1. The SMILES string of the molecule is CC[C@@H]1OC[C@](C)(OCC(C)=O)O1. The third-order valence-electron chi connectivity index (χ3n) is 1.83. The molecule has 0 aromatic carbocycles. The summed E-state index contributed by atoms with van der Waals surface area (Å²) in [6.45, 7) is 5.71. The minimum absolute atomic E-state index is 0.00947. The Morgan fingerprint density at radius 1 is 1.69 bits per heavy atom. The smallest absolute Gasteiger partial charge is 0.192 e. The first kappa shape index (κ1) is 10.6. The summed E-state index contributed by atoms with van der Waals surface area (Å²) in [6.07, 6.45) is 0.593. The van der Waals surface area contributed by atoms with Crippen LogP contribution in [-0.4, -0.2) is 31.1 Å². The molecule has 0 amide bonds. The van der Waals surface area contributed by atoms with Gasteiger partial charge < -0.3 is 14.2 Å². The maximum atomic E-state index is 10.7. The van der Waals surface area contributed by atoms with Gasteiger partial charge >= 0.3 is 0 Å². The summed E-state index contributed by atoms with van der Waals surface area (Å²) in [5, 5.41) is 0. The third kappa shape index (κ3) is 3.06. The maximum absolute atomic E-state index is 10.7. The van der Waals surface area contributed by atoms with Gasteiger partial charge in [-0.1, -0.05) is 6.92 Å². The van der Waals surface area contributed by atoms with Crippen molar-refractivity contribution in [2.24, 2.45) is 0 Å². The minimum atomic E-state index is -0.744. The van der Waals surface area contributed by atoms with Crippen LogP contribution in [0.4, 0.5) is 0 Å². The van der Waals surface area contributed by atoms with Crippen LogP contribution in [0.2, 0.25) is 0 Å². The minimum Gasteiger partial charge on any atom is -0.347 e. The van der Waals surface area contributed by atoms with Gasteiger partial charge in [0.2, 0.25) is 0 Å². The molecule has 0 bridgehead atoms. The van der Waals surface area contributed by atoms with Crippen LogP contribution in [0, 0.1) is 0 Å². The van der Waals surface area contributed by atoms with E-state index in [1.54, 1.807) is 6.92 Å². The first-order chi connectivity index (χ1) is 6.06. The van der Waals surface area contributed by atoms with Crippen molar-refractivity contribution in [2.75, 3.05) is 13.2 Å². The van der Waals surface area contributed by atoms with E-state index in [0.717, 1.165) is 6.42 Å². The van der Waals surface area contributed by atoms with E-state index in [0.29, 0.717) is 6.61 Å². The summed E-state index contributed by atoms with van der Waals surface area (Å²) < 4.78 is 16.0. The number of carbonyl (C=O) groups is 1. The van der Waals surface area contributed by atoms with Crippen molar-refractivity contribution < 1.29 is 19.0 Å². The van der Waals surface area contributed by atoms with Crippen molar-refractivity contribution in [3.63, 3.8) is 0 Å². The maximum Gasteiger partial charge on any atom is 0.192 e. The molecule has 0 saturated carbocycles. The van der Waals surface area contributed by atoms with Crippen molar-refractivity contribution in [2.45, 2.75) is 39.3 Å². The van der Waals surface area contributed by atoms with Gasteiger partial charge in [0.05, 0.1) is 0 Å². The summed E-state index contributed by atoms with van der Waals surface area (Å²) in [5.41, 5.74) is 0. The molecule has 2 atom stereocenters. The number of hydrogen-bond donors (Lipinski definition) is 0. The van der Waals surface area contributed by atoms with Gasteiger partial charge in [0, 0.05) is 0 Å². The van der Waals surface area contributed by atoms with Crippen LogP contribution >= 0.6 is 0 Å². The predicted octanol–water partition coefficient (Wildman–Crippen LogP) is 1.09. The van der Waals surface area contributed by atoms with Gasteiger partial charge in [0.1, 0.15) is 13.2 Å². The molecule has 4 heteroatoms. The Morgan fingerprint density at radius 3 is 2.85 bits per heavy atom. The highest BCUT2D eigenvalue weighted by molar-refractivity contribution is 5.76. The molecule has 0 aliphatic carbocycles. The Bertz CT molecular complexity index is 192. The first-order valence-electron chi connectivity index (χ1n) is 4.48. The van der Waals surface area contributed by atoms with E-state index in [1.165, 1.54) is 6.92 Å². The van der Waals surface area contributed by atoms with Crippen LogP contribution in [0.5, 0.6) is 0 Å². The molecule has 0 aromatic heterocycles. The zero-order valence-electron chi connectivity index (χ0n) is 8.33. The van der Waals surface area contributed by atoms with Crippen LogP contribution in [-0.2, 0) is 19.0 Å². The zero-order valence-corrected chi connectivity index (χ0v) is 8.33. The van der Waals surface area contributed by atoms with Gasteiger partial charge in [-0.2, -0.15) is 0 Å². The third-order valence-corrected chi connectivity index (χ3v) is 1.83. The highest BCUT2D eigenvalue weighted by atomic mass is 16.8. The molecule has 0 N–H and O–H groups in total. The van der Waals surface area contributed by atoms with E-state index in [1.807, 2.05) is 6.92 Å². The fraction of sp³-hybridized carbons (Fsp3) is 0.889. The topological polar surface area (TPSA) is 44.8 Å². The fourth-order valence-corrected chi connectivity index (χ4v) is 1.12. The molecule has 13 heavy (non-hydrogen) atoms. The average molecular weight is 188 g/mol. The molecule has 1 heterocycles. The number of ether oxygens (including phenoxy) is 3. The van der Waals surface area contributed by atoms with E-state index in [-0.39, 0.29) is 18.7 Å². The van der Waals surface area contributed by atoms with Crippen LogP contribution in [0.25, 0.3) is 0 Å². The quantitative estimate of drug-likeness (QED) is 0.662. The molecule has 0 spiro atoms. The lowest BCUT2D eigenvalue weighted by Gasteiger charge is -2.21. The predicted molar refractivity (Wildman–Crippen MR) is 46.2 cm³/mol. The number of Topliss-reactive ketones (excluding diaryl/α,β-unsaturated/α-hetero) is 1. The van der Waals surface area contributed by atoms with Crippen LogP contribution in [0.15, 0.2) is 0 Å². The Kier molecular flexibility index (Phi) is 3.41. The molecule has 1 rings (SSSR count). The molecule has 1 aliphatic heterocycles. The van der Waals surface area contributed by atoms with Crippen LogP contribution in [0.3, 0.4) is 0 Å². The van der Waals surface area contributed by atoms with Gasteiger partial charge in [-0.3, -0.25) is 4.79 Å². The monoisotopic (exact) mass is 188 g/mol. The van der Waals surface area contributed by atoms with Crippen molar-refractivity contribution >= 4 is 5.78 Å². The van der Waals surface area contributed by atoms with Gasteiger partial charge in [0.15, 0.2) is 17.9 Å². The average Bonchev–Trinajstić information content (AvgIpc) is 2.45. The lowest BCUT2D eigenvalue weighted by molar-refractivity contribution is -0.212. The molecule has 0 radical (unpaired) electrons. The first-order valence-corrected chi connectivity index (χ1v) is 4.48. The van der Waals surface area contributed by atoms with Crippen LogP contribution in [0.1, 0.15) is 27.2 Å². The summed E-state index contributed by atoms with van der Waals surface area (Å²) in [6, 6.07) is 0. The number of ketones is 1. The van der Waals surface area contributed by atoms with Gasteiger partial charge in [0.25, 0.3) is 0 Å². The highest BCUT2D eigenvalue weighted by Crippen LogP contribution is 2.25. The molecule has 4 nitrogen and oxygen atoms in total. The molecule has 0 aromatic rings. The van der Waals surface area contributed by atoms with Crippen molar-refractivity contribution in [3.8, 4) is 0 Å². The second-order valence-electron chi connectivity index (χ2n) is 3.39. The summed E-state index contributed by atoms with van der Waals surface area (Å²) in [5.74, 6) is -0.753. The second-order valence-corrected chi connectivity index (χ2v) is 3.39. The van der Waals surface area contributed by atoms with Crippen molar-refractivity contribution in [1.29, 1.82) is 0 Å². The molecule has 0 unspecified atom stereocenters. The lowest BCUT2D eigenvalue weighted by atomic mass is 10.3. The fourth-order valence-electron chi connectivity index (χ4n) is 1.12. The largest absolute Gasteiger partial charge is 0.347 e. The molecule has 76 valence electrons. The van der Waals surface area contributed by atoms with Crippen molar-refractivity contribution in [1.82, 2.24) is 0 Å². The van der Waals surface area contributed by atoms with E-state index in [2.05, 4.69) is 0 Å². The van der Waals surface area contributed by atoms with E-state index in [9.17, 15) is 4.79 Å². The normalized spacial score (nSPS) is 33.6. The Hall–Kier alpha value is -0.450. The standard InChI is InChI=1S/C9H16O4/c1-4-8-11-6-9(3,13-8)12-5-7(2)10/h8H,4-6H2,1-3H3/t8-,9-/m1/s1. The van der Waals surface area contributed by atoms with Gasteiger partial charge in [-0.05, 0) is 20.3 Å². The van der Waals surface area contributed by atoms with Gasteiger partial charge in [-0.15, -0.1) is 0 Å². The molecular weight excluding hydrogens is 172 g/mol. The van der Waals surface area contributed by atoms with E-state index < -0.39 is 5.79 Å². The molecular formula is C9H16O4. The number of rotatable bonds is 4.